The second-order valence-electron chi connectivity index (χ2n) is 5.71. The van der Waals surface area contributed by atoms with E-state index < -0.39 is 17.5 Å². The third-order valence-electron chi connectivity index (χ3n) is 3.91. The minimum Gasteiger partial charge on any atom is -0.445 e. The first-order chi connectivity index (χ1) is 11.4. The Balaban J connectivity index is 1.84. The van der Waals surface area contributed by atoms with Crippen LogP contribution in [0, 0.1) is 11.3 Å². The molecule has 0 radical (unpaired) electrons. The van der Waals surface area contributed by atoms with Crippen molar-refractivity contribution < 1.29 is 14.3 Å². The summed E-state index contributed by atoms with van der Waals surface area (Å²) in [6, 6.07) is 13.6. The van der Waals surface area contributed by atoms with Crippen LogP contribution in [0.15, 0.2) is 42.5 Å². The van der Waals surface area contributed by atoms with E-state index in [1.54, 1.807) is 31.2 Å². The Hall–Kier alpha value is -2.84. The van der Waals surface area contributed by atoms with Crippen LogP contribution < -0.4 is 5.32 Å². The molecule has 1 unspecified atom stereocenters. The summed E-state index contributed by atoms with van der Waals surface area (Å²) >= 11 is 5.96. The number of hydrogen-bond acceptors (Lipinski definition) is 4. The molecule has 0 bridgehead atoms. The number of fused-ring (bicyclic) bond motifs is 1. The van der Waals surface area contributed by atoms with E-state index >= 15 is 0 Å². The van der Waals surface area contributed by atoms with Gasteiger partial charge in [0.25, 0.3) is 5.91 Å². The number of amides is 1. The van der Waals surface area contributed by atoms with Crippen LogP contribution in [0.1, 0.15) is 28.4 Å². The van der Waals surface area contributed by atoms with Gasteiger partial charge in [-0.3, -0.25) is 4.79 Å². The third-order valence-corrected chi connectivity index (χ3v) is 4.22. The van der Waals surface area contributed by atoms with Crippen molar-refractivity contribution in [3.05, 3.63) is 64.2 Å². The van der Waals surface area contributed by atoms with Crippen molar-refractivity contribution in [2.75, 3.05) is 5.32 Å². The molecule has 3 rings (SSSR count). The molecule has 1 amide bonds. The van der Waals surface area contributed by atoms with E-state index in [0.717, 1.165) is 5.56 Å². The average molecular weight is 341 g/mol. The summed E-state index contributed by atoms with van der Waals surface area (Å²) < 4.78 is 5.37. The molecule has 24 heavy (non-hydrogen) atoms. The predicted octanol–water partition coefficient (Wildman–Crippen LogP) is 3.32. The van der Waals surface area contributed by atoms with E-state index in [-0.39, 0.29) is 11.4 Å². The Kier molecular flexibility index (Phi) is 4.00. The molecule has 0 aliphatic carbocycles. The van der Waals surface area contributed by atoms with Gasteiger partial charge in [0.05, 0.1) is 16.1 Å². The summed E-state index contributed by atoms with van der Waals surface area (Å²) in [7, 11) is 0. The number of nitrogens with zero attached hydrogens (tertiary/aromatic N) is 1. The molecule has 6 heteroatoms. The van der Waals surface area contributed by atoms with Gasteiger partial charge >= 0.3 is 5.97 Å². The van der Waals surface area contributed by atoms with Crippen LogP contribution in [0.25, 0.3) is 0 Å². The maximum atomic E-state index is 12.6. The van der Waals surface area contributed by atoms with Gasteiger partial charge in [-0.1, -0.05) is 29.8 Å². The quantitative estimate of drug-likeness (QED) is 0.850. The summed E-state index contributed by atoms with van der Waals surface area (Å²) in [4.78, 5) is 24.8. The van der Waals surface area contributed by atoms with Crippen molar-refractivity contribution in [3.63, 3.8) is 0 Å². The molecule has 2 aromatic carbocycles. The van der Waals surface area contributed by atoms with E-state index in [4.69, 9.17) is 21.6 Å². The van der Waals surface area contributed by atoms with Crippen LogP contribution in [0.4, 0.5) is 5.69 Å². The van der Waals surface area contributed by atoms with Crippen molar-refractivity contribution >= 4 is 29.2 Å². The smallest absolute Gasteiger partial charge is 0.339 e. The number of benzene rings is 2. The van der Waals surface area contributed by atoms with Gasteiger partial charge in [0.2, 0.25) is 0 Å². The lowest BCUT2D eigenvalue weighted by atomic mass is 9.89. The molecule has 0 spiro atoms. The first kappa shape index (κ1) is 16.0. The molecule has 2 aromatic rings. The number of hydrogen-bond donors (Lipinski definition) is 1. The monoisotopic (exact) mass is 340 g/mol. The summed E-state index contributed by atoms with van der Waals surface area (Å²) in [5.74, 6) is -0.974. The molecule has 1 aliphatic rings. The fraction of sp³-hybridized carbons (Fsp3) is 0.167. The van der Waals surface area contributed by atoms with Crippen LogP contribution in [0.2, 0.25) is 5.02 Å². The molecule has 120 valence electrons. The highest BCUT2D eigenvalue weighted by Crippen LogP contribution is 2.29. The molecule has 5 nitrogen and oxygen atoms in total. The number of ether oxygens (including phenoxy) is 1. The van der Waals surface area contributed by atoms with E-state index in [1.165, 1.54) is 12.1 Å². The number of carbonyl (C=O) groups is 2. The molecular formula is C18H13ClN2O3. The lowest BCUT2D eigenvalue weighted by Crippen LogP contribution is -2.48. The fourth-order valence-electron chi connectivity index (χ4n) is 2.61. The van der Waals surface area contributed by atoms with Crippen LogP contribution in [-0.4, -0.2) is 17.5 Å². The van der Waals surface area contributed by atoms with Crippen LogP contribution in [-0.2, 0) is 16.0 Å². The van der Waals surface area contributed by atoms with E-state index in [0.29, 0.717) is 16.8 Å². The lowest BCUT2D eigenvalue weighted by Gasteiger charge is -2.33. The molecular weight excluding hydrogens is 328 g/mol. The Bertz CT molecular complexity index is 888. The Morgan fingerprint density at radius 3 is 2.79 bits per heavy atom. The minimum atomic E-state index is -1.31. The zero-order chi connectivity index (χ0) is 17.3. The van der Waals surface area contributed by atoms with Crippen molar-refractivity contribution in [2.45, 2.75) is 18.9 Å². The number of nitrogens with one attached hydrogen (secondary N) is 1. The molecule has 1 aliphatic heterocycles. The molecule has 0 aromatic heterocycles. The van der Waals surface area contributed by atoms with Crippen molar-refractivity contribution in [3.8, 4) is 6.07 Å². The van der Waals surface area contributed by atoms with Gasteiger partial charge in [0.15, 0.2) is 5.60 Å². The second-order valence-corrected chi connectivity index (χ2v) is 6.12. The fourth-order valence-corrected chi connectivity index (χ4v) is 2.83. The van der Waals surface area contributed by atoms with E-state index in [2.05, 4.69) is 5.32 Å². The number of nitriles is 1. The first-order valence-electron chi connectivity index (χ1n) is 7.25. The third kappa shape index (κ3) is 2.84. The molecule has 0 saturated carbocycles. The lowest BCUT2D eigenvalue weighted by molar-refractivity contribution is -0.134. The number of carbonyl (C=O) groups excluding carboxylic acids is 2. The van der Waals surface area contributed by atoms with Crippen LogP contribution in [0.3, 0.4) is 0 Å². The topological polar surface area (TPSA) is 79.2 Å². The zero-order valence-electron chi connectivity index (χ0n) is 12.8. The Morgan fingerprint density at radius 1 is 1.33 bits per heavy atom. The Morgan fingerprint density at radius 2 is 2.08 bits per heavy atom. The normalized spacial score (nSPS) is 19.0. The zero-order valence-corrected chi connectivity index (χ0v) is 13.6. The van der Waals surface area contributed by atoms with E-state index in [1.807, 2.05) is 12.1 Å². The van der Waals surface area contributed by atoms with Crippen LogP contribution in [0.5, 0.6) is 0 Å². The van der Waals surface area contributed by atoms with Gasteiger partial charge in [-0.2, -0.15) is 5.26 Å². The number of cyclic esters (lactones) is 1. The van der Waals surface area contributed by atoms with Crippen molar-refractivity contribution in [1.29, 1.82) is 5.26 Å². The largest absolute Gasteiger partial charge is 0.445 e. The highest BCUT2D eigenvalue weighted by molar-refractivity contribution is 6.32. The van der Waals surface area contributed by atoms with Gasteiger partial charge in [0.1, 0.15) is 6.07 Å². The van der Waals surface area contributed by atoms with Gasteiger partial charge < -0.3 is 10.1 Å². The minimum absolute atomic E-state index is 0.242. The predicted molar refractivity (Wildman–Crippen MR) is 88.8 cm³/mol. The molecule has 0 saturated heterocycles. The van der Waals surface area contributed by atoms with Crippen molar-refractivity contribution in [1.82, 2.24) is 0 Å². The number of anilines is 1. The molecule has 1 heterocycles. The SMILES string of the molecule is CC1(C(=O)Nc2ccc(C#N)c(Cl)c2)Cc2ccccc2C(=O)O1. The van der Waals surface area contributed by atoms with Crippen LogP contribution >= 0.6 is 11.6 Å². The summed E-state index contributed by atoms with van der Waals surface area (Å²) in [5.41, 5.74) is 0.679. The highest BCUT2D eigenvalue weighted by atomic mass is 35.5. The van der Waals surface area contributed by atoms with E-state index in [9.17, 15) is 9.59 Å². The second kappa shape index (κ2) is 5.99. The van der Waals surface area contributed by atoms with Gasteiger partial charge in [-0.15, -0.1) is 0 Å². The number of halogens is 1. The Labute approximate surface area is 143 Å². The summed E-state index contributed by atoms with van der Waals surface area (Å²) in [6.07, 6.45) is 0.282. The standard InChI is InChI=1S/C18H13ClN2O3/c1-18(9-11-4-2-3-5-14(11)16(22)24-18)17(23)21-13-7-6-12(10-20)15(19)8-13/h2-8H,9H2,1H3,(H,21,23). The maximum Gasteiger partial charge on any atom is 0.339 e. The first-order valence-corrected chi connectivity index (χ1v) is 7.63. The number of esters is 1. The summed E-state index contributed by atoms with van der Waals surface area (Å²) in [5, 5.41) is 11.8. The number of rotatable bonds is 2. The maximum absolute atomic E-state index is 12.6. The molecule has 1 atom stereocenters. The van der Waals surface area contributed by atoms with Gasteiger partial charge in [0, 0.05) is 12.1 Å². The van der Waals surface area contributed by atoms with Gasteiger partial charge in [-0.25, -0.2) is 4.79 Å². The van der Waals surface area contributed by atoms with Gasteiger partial charge in [-0.05, 0) is 36.8 Å². The molecule has 0 fully saturated rings. The highest BCUT2D eigenvalue weighted by Gasteiger charge is 2.42. The summed E-state index contributed by atoms with van der Waals surface area (Å²) in [6.45, 7) is 1.57. The van der Waals surface area contributed by atoms with Crippen molar-refractivity contribution in [2.24, 2.45) is 0 Å². The average Bonchev–Trinajstić information content (AvgIpc) is 2.55. The molecule has 1 N–H and O–H groups in total.